The highest BCUT2D eigenvalue weighted by molar-refractivity contribution is 6.19. The van der Waals surface area contributed by atoms with E-state index in [0.29, 0.717) is 17.5 Å². The maximum atomic E-state index is 5.23. The minimum Gasteiger partial charge on any atom is -0.309 e. The van der Waals surface area contributed by atoms with Gasteiger partial charge in [0.15, 0.2) is 17.5 Å². The lowest BCUT2D eigenvalue weighted by Gasteiger charge is -2.24. The first-order chi connectivity index (χ1) is 23.6. The maximum absolute atomic E-state index is 5.23. The Kier molecular flexibility index (Phi) is 6.40. The average molecular weight is 618 g/mol. The third-order valence-electron chi connectivity index (χ3n) is 9.39. The van der Waals surface area contributed by atoms with E-state index in [4.69, 9.17) is 19.9 Å². The standard InChI is InChI=1S/C43H31N5/c1-43(2)37-35(44-39(43)28-14-6-3-7-15-28)27-26-34-33-20-12-13-21-36(33)48(38(34)37)32-24-22-31(23-25-32)42-46-40(29-16-8-4-9-17-29)45-41(47-42)30-18-10-5-11-19-30/h3-27H,1-2H3. The van der Waals surface area contributed by atoms with E-state index in [1.54, 1.807) is 0 Å². The third kappa shape index (κ3) is 4.47. The van der Waals surface area contributed by atoms with Crippen molar-refractivity contribution in [2.24, 2.45) is 4.99 Å². The Morgan fingerprint density at radius 3 is 1.54 bits per heavy atom. The predicted molar refractivity (Wildman–Crippen MR) is 196 cm³/mol. The summed E-state index contributed by atoms with van der Waals surface area (Å²) in [6.07, 6.45) is 0. The molecule has 0 atom stereocenters. The van der Waals surface area contributed by atoms with Gasteiger partial charge in [-0.3, -0.25) is 4.99 Å². The number of hydrogen-bond donors (Lipinski definition) is 0. The molecule has 8 aromatic rings. The van der Waals surface area contributed by atoms with Gasteiger partial charge in [-0.25, -0.2) is 15.0 Å². The van der Waals surface area contributed by atoms with E-state index in [2.05, 4.69) is 109 Å². The second kappa shape index (κ2) is 11.0. The van der Waals surface area contributed by atoms with Gasteiger partial charge in [0.1, 0.15) is 0 Å². The van der Waals surface area contributed by atoms with E-state index in [1.807, 2.05) is 60.7 Å². The van der Waals surface area contributed by atoms with E-state index in [9.17, 15) is 0 Å². The highest BCUT2D eigenvalue weighted by Crippen LogP contribution is 2.48. The number of benzene rings is 6. The summed E-state index contributed by atoms with van der Waals surface area (Å²) in [5, 5.41) is 2.45. The van der Waals surface area contributed by atoms with Crippen molar-refractivity contribution in [2.75, 3.05) is 0 Å². The van der Waals surface area contributed by atoms with Gasteiger partial charge < -0.3 is 4.57 Å². The van der Waals surface area contributed by atoms with Gasteiger partial charge in [-0.1, -0.05) is 115 Å². The molecule has 1 aliphatic rings. The van der Waals surface area contributed by atoms with Crippen molar-refractivity contribution in [2.45, 2.75) is 19.3 Å². The quantitative estimate of drug-likeness (QED) is 0.193. The first-order valence-electron chi connectivity index (χ1n) is 16.3. The number of hydrogen-bond acceptors (Lipinski definition) is 4. The van der Waals surface area contributed by atoms with Crippen LogP contribution in [-0.4, -0.2) is 25.2 Å². The maximum Gasteiger partial charge on any atom is 0.164 e. The molecule has 0 radical (unpaired) electrons. The van der Waals surface area contributed by atoms with Crippen LogP contribution in [0, 0.1) is 0 Å². The highest BCUT2D eigenvalue weighted by Gasteiger charge is 2.39. The van der Waals surface area contributed by atoms with Crippen molar-refractivity contribution < 1.29 is 0 Å². The van der Waals surface area contributed by atoms with Crippen LogP contribution in [0.4, 0.5) is 5.69 Å². The zero-order valence-electron chi connectivity index (χ0n) is 26.7. The molecule has 0 fully saturated rings. The minimum atomic E-state index is -0.297. The number of para-hydroxylation sites is 1. The normalized spacial score (nSPS) is 13.5. The Hall–Kier alpha value is -6.20. The first kappa shape index (κ1) is 28.1. The van der Waals surface area contributed by atoms with Crippen molar-refractivity contribution in [3.8, 4) is 39.9 Å². The monoisotopic (exact) mass is 617 g/mol. The van der Waals surface area contributed by atoms with Crippen LogP contribution in [0.15, 0.2) is 157 Å². The number of nitrogens with zero attached hydrogens (tertiary/aromatic N) is 5. The minimum absolute atomic E-state index is 0.297. The van der Waals surface area contributed by atoms with Gasteiger partial charge >= 0.3 is 0 Å². The predicted octanol–water partition coefficient (Wildman–Crippen LogP) is 10.4. The summed E-state index contributed by atoms with van der Waals surface area (Å²) >= 11 is 0. The third-order valence-corrected chi connectivity index (χ3v) is 9.39. The molecule has 0 spiro atoms. The summed E-state index contributed by atoms with van der Waals surface area (Å²) < 4.78 is 2.40. The van der Waals surface area contributed by atoms with Crippen LogP contribution < -0.4 is 0 Å². The van der Waals surface area contributed by atoms with Crippen molar-refractivity contribution >= 4 is 33.2 Å². The van der Waals surface area contributed by atoms with Crippen LogP contribution >= 0.6 is 0 Å². The Bertz CT molecular complexity index is 2440. The summed E-state index contributed by atoms with van der Waals surface area (Å²) in [4.78, 5) is 20.0. The van der Waals surface area contributed by atoms with Gasteiger partial charge in [-0.15, -0.1) is 0 Å². The fourth-order valence-electron chi connectivity index (χ4n) is 7.12. The second-order valence-corrected chi connectivity index (χ2v) is 12.7. The van der Waals surface area contributed by atoms with Crippen molar-refractivity contribution in [3.05, 3.63) is 163 Å². The van der Waals surface area contributed by atoms with Crippen LogP contribution in [-0.2, 0) is 5.41 Å². The fourth-order valence-corrected chi connectivity index (χ4v) is 7.12. The summed E-state index contributed by atoms with van der Waals surface area (Å²) in [5.41, 5.74) is 10.5. The van der Waals surface area contributed by atoms with Crippen LogP contribution in [0.25, 0.3) is 61.7 Å². The lowest BCUT2D eigenvalue weighted by molar-refractivity contribution is 0.741. The summed E-state index contributed by atoms with van der Waals surface area (Å²) in [7, 11) is 0. The van der Waals surface area contributed by atoms with E-state index < -0.39 is 0 Å². The van der Waals surface area contributed by atoms with Crippen LogP contribution in [0.5, 0.6) is 0 Å². The van der Waals surface area contributed by atoms with Gasteiger partial charge in [-0.05, 0) is 55.8 Å². The van der Waals surface area contributed by atoms with E-state index in [1.165, 1.54) is 21.9 Å². The lowest BCUT2D eigenvalue weighted by atomic mass is 9.78. The molecule has 0 N–H and O–H groups in total. The molecule has 48 heavy (non-hydrogen) atoms. The summed E-state index contributed by atoms with van der Waals surface area (Å²) in [5.74, 6) is 1.94. The van der Waals surface area contributed by atoms with Gasteiger partial charge in [-0.2, -0.15) is 0 Å². The molecule has 0 aliphatic carbocycles. The molecular weight excluding hydrogens is 587 g/mol. The van der Waals surface area contributed by atoms with E-state index >= 15 is 0 Å². The van der Waals surface area contributed by atoms with Crippen LogP contribution in [0.1, 0.15) is 25.0 Å². The molecule has 0 saturated carbocycles. The summed E-state index contributed by atoms with van der Waals surface area (Å²) in [6, 6.07) is 52.4. The van der Waals surface area contributed by atoms with Crippen LogP contribution in [0.3, 0.4) is 0 Å². The van der Waals surface area contributed by atoms with Gasteiger partial charge in [0, 0.05) is 44.1 Å². The highest BCUT2D eigenvalue weighted by atomic mass is 15.0. The van der Waals surface area contributed by atoms with Crippen molar-refractivity contribution in [3.63, 3.8) is 0 Å². The average Bonchev–Trinajstić information content (AvgIpc) is 3.63. The summed E-state index contributed by atoms with van der Waals surface area (Å²) in [6.45, 7) is 4.59. The molecule has 0 unspecified atom stereocenters. The SMILES string of the molecule is CC1(C)C(c2ccccc2)=Nc2ccc3c4ccccc4n(-c4ccc(-c5nc(-c6ccccc6)nc(-c6ccccc6)n5)cc4)c3c21. The Labute approximate surface area is 279 Å². The van der Waals surface area contributed by atoms with Gasteiger partial charge in [0.25, 0.3) is 0 Å². The molecule has 0 bridgehead atoms. The van der Waals surface area contributed by atoms with Crippen LogP contribution in [0.2, 0.25) is 0 Å². The Morgan fingerprint density at radius 2 is 0.958 bits per heavy atom. The Morgan fingerprint density at radius 1 is 0.458 bits per heavy atom. The van der Waals surface area contributed by atoms with E-state index in [0.717, 1.165) is 44.9 Å². The smallest absolute Gasteiger partial charge is 0.164 e. The van der Waals surface area contributed by atoms with Gasteiger partial charge in [0.05, 0.1) is 22.4 Å². The molecule has 0 amide bonds. The van der Waals surface area contributed by atoms with Crippen molar-refractivity contribution in [1.82, 2.24) is 19.5 Å². The number of aromatic nitrogens is 4. The number of aliphatic imine (C=N–C) groups is 1. The van der Waals surface area contributed by atoms with Crippen molar-refractivity contribution in [1.29, 1.82) is 0 Å². The molecule has 5 heteroatoms. The van der Waals surface area contributed by atoms with E-state index in [-0.39, 0.29) is 5.41 Å². The number of rotatable bonds is 5. The molecule has 0 saturated heterocycles. The molecule has 228 valence electrons. The first-order valence-corrected chi connectivity index (χ1v) is 16.3. The zero-order chi connectivity index (χ0) is 32.2. The number of fused-ring (bicyclic) bond motifs is 5. The molecular formula is C43H31N5. The van der Waals surface area contributed by atoms with Gasteiger partial charge in [0.2, 0.25) is 0 Å². The lowest BCUT2D eigenvalue weighted by Crippen LogP contribution is -2.27. The zero-order valence-corrected chi connectivity index (χ0v) is 26.7. The molecule has 2 aromatic heterocycles. The molecule has 6 aromatic carbocycles. The fraction of sp³-hybridized carbons (Fsp3) is 0.0698. The Balaban J connectivity index is 1.21. The molecule has 9 rings (SSSR count). The molecule has 5 nitrogen and oxygen atoms in total. The topological polar surface area (TPSA) is 56.0 Å². The second-order valence-electron chi connectivity index (χ2n) is 12.7. The molecule has 3 heterocycles. The largest absolute Gasteiger partial charge is 0.309 e. The molecule has 1 aliphatic heterocycles.